The number of nitrogens with zero attached hydrogens (tertiary/aromatic N) is 2. The van der Waals surface area contributed by atoms with Crippen molar-refractivity contribution in [2.75, 3.05) is 12.8 Å². The Labute approximate surface area is 106 Å². The molecule has 3 N–H and O–H groups in total. The van der Waals surface area contributed by atoms with Crippen molar-refractivity contribution in [2.45, 2.75) is 0 Å². The van der Waals surface area contributed by atoms with Crippen molar-refractivity contribution in [2.24, 2.45) is 0 Å². The topological polar surface area (TPSA) is 112 Å². The Morgan fingerprint density at radius 1 is 1.56 bits per heavy atom. The summed E-state index contributed by atoms with van der Waals surface area (Å²) in [5, 5.41) is 22.5. The minimum atomic E-state index is -0.683. The van der Waals surface area contributed by atoms with Gasteiger partial charge < -0.3 is 15.6 Å². The van der Waals surface area contributed by atoms with Gasteiger partial charge in [-0.1, -0.05) is 0 Å². The van der Waals surface area contributed by atoms with Gasteiger partial charge in [0.05, 0.1) is 17.7 Å². The van der Waals surface area contributed by atoms with Crippen LogP contribution in [0.25, 0.3) is 11.3 Å². The molecule has 0 aliphatic carbocycles. The van der Waals surface area contributed by atoms with Crippen LogP contribution in [0, 0.1) is 10.1 Å². The quantitative estimate of drug-likeness (QED) is 0.650. The van der Waals surface area contributed by atoms with Crippen molar-refractivity contribution >= 4 is 22.2 Å². The maximum Gasteiger partial charge on any atom is 0.315 e. The summed E-state index contributed by atoms with van der Waals surface area (Å²) in [6, 6.07) is 2.70. The van der Waals surface area contributed by atoms with Crippen molar-refractivity contribution in [1.82, 2.24) is 4.98 Å². The smallest absolute Gasteiger partial charge is 0.315 e. The predicted octanol–water partition coefficient (Wildman–Crippen LogP) is 2.01. The number of phenols is 1. The van der Waals surface area contributed by atoms with E-state index >= 15 is 0 Å². The van der Waals surface area contributed by atoms with Crippen LogP contribution in [0.1, 0.15) is 0 Å². The van der Waals surface area contributed by atoms with Gasteiger partial charge in [-0.05, 0) is 6.07 Å². The molecule has 0 unspecified atom stereocenters. The first-order valence-electron chi connectivity index (χ1n) is 4.79. The third kappa shape index (κ3) is 2.05. The number of hydrogen-bond donors (Lipinski definition) is 2. The van der Waals surface area contributed by atoms with Crippen LogP contribution in [-0.4, -0.2) is 22.1 Å². The number of methoxy groups -OCH3 is 1. The third-order valence-electron chi connectivity index (χ3n) is 2.29. The van der Waals surface area contributed by atoms with Crippen molar-refractivity contribution in [3.63, 3.8) is 0 Å². The van der Waals surface area contributed by atoms with Crippen LogP contribution in [0.2, 0.25) is 0 Å². The number of nitrogens with two attached hydrogens (primary N) is 1. The molecular weight excluding hydrogens is 258 g/mol. The second-order valence-electron chi connectivity index (χ2n) is 3.37. The highest BCUT2D eigenvalue weighted by Crippen LogP contribution is 2.40. The Balaban J connectivity index is 2.62. The fraction of sp³-hybridized carbons (Fsp3) is 0.100. The number of benzene rings is 1. The number of nitro groups is 1. The van der Waals surface area contributed by atoms with Crippen molar-refractivity contribution in [1.29, 1.82) is 0 Å². The molecule has 7 nitrogen and oxygen atoms in total. The van der Waals surface area contributed by atoms with Gasteiger partial charge in [0.25, 0.3) is 0 Å². The van der Waals surface area contributed by atoms with Crippen LogP contribution in [0.5, 0.6) is 11.5 Å². The molecule has 0 fully saturated rings. The van der Waals surface area contributed by atoms with Gasteiger partial charge in [0, 0.05) is 17.0 Å². The highest BCUT2D eigenvalue weighted by atomic mass is 32.1. The Morgan fingerprint density at radius 3 is 2.78 bits per heavy atom. The molecule has 1 aromatic heterocycles. The summed E-state index contributed by atoms with van der Waals surface area (Å²) in [5.41, 5.74) is 6.03. The highest BCUT2D eigenvalue weighted by molar-refractivity contribution is 7.13. The minimum absolute atomic E-state index is 0.0192. The molecule has 2 rings (SSSR count). The first-order chi connectivity index (χ1) is 8.52. The second-order valence-corrected chi connectivity index (χ2v) is 4.26. The lowest BCUT2D eigenvalue weighted by Gasteiger charge is -2.06. The van der Waals surface area contributed by atoms with Crippen LogP contribution >= 0.6 is 11.3 Å². The van der Waals surface area contributed by atoms with Crippen LogP contribution in [-0.2, 0) is 0 Å². The van der Waals surface area contributed by atoms with Crippen LogP contribution in [0.4, 0.5) is 10.8 Å². The van der Waals surface area contributed by atoms with Gasteiger partial charge in [-0.25, -0.2) is 4.98 Å². The first kappa shape index (κ1) is 12.1. The number of rotatable bonds is 3. The number of anilines is 1. The monoisotopic (exact) mass is 267 g/mol. The Morgan fingerprint density at radius 2 is 2.28 bits per heavy atom. The van der Waals surface area contributed by atoms with Gasteiger partial charge in [0.15, 0.2) is 10.9 Å². The second kappa shape index (κ2) is 4.49. The fourth-order valence-electron chi connectivity index (χ4n) is 1.46. The molecule has 0 aliphatic heterocycles. The minimum Gasteiger partial charge on any atom is -0.500 e. The standard InChI is InChI=1S/C10H9N3O4S/c1-17-8-3-5(6-4-18-10(11)12-6)2-7(9(8)14)13(15)16/h2-4,14H,1H3,(H2,11,12). The number of nitro benzene ring substituents is 1. The lowest BCUT2D eigenvalue weighted by atomic mass is 10.1. The van der Waals surface area contributed by atoms with Crippen LogP contribution < -0.4 is 10.5 Å². The number of phenolic OH excluding ortho intramolecular Hbond substituents is 1. The van der Waals surface area contributed by atoms with E-state index in [1.54, 1.807) is 5.38 Å². The van der Waals surface area contributed by atoms with E-state index in [0.717, 1.165) is 0 Å². The Bertz CT molecular complexity index is 611. The summed E-state index contributed by atoms with van der Waals surface area (Å²) in [6.07, 6.45) is 0. The molecule has 2 aromatic rings. The summed E-state index contributed by atoms with van der Waals surface area (Å²) in [6.45, 7) is 0. The number of aromatic hydroxyl groups is 1. The van der Waals surface area contributed by atoms with Crippen LogP contribution in [0.15, 0.2) is 17.5 Å². The number of nitrogen functional groups attached to an aromatic ring is 1. The van der Waals surface area contributed by atoms with E-state index in [2.05, 4.69) is 4.98 Å². The van der Waals surface area contributed by atoms with Gasteiger partial charge in [0.2, 0.25) is 5.75 Å². The van der Waals surface area contributed by atoms with Gasteiger partial charge >= 0.3 is 5.69 Å². The summed E-state index contributed by atoms with van der Waals surface area (Å²) >= 11 is 1.22. The van der Waals surface area contributed by atoms with Gasteiger partial charge in [0.1, 0.15) is 0 Å². The Kier molecular flexibility index (Phi) is 3.02. The maximum absolute atomic E-state index is 10.8. The number of thiazole rings is 1. The van der Waals surface area contributed by atoms with E-state index in [9.17, 15) is 15.2 Å². The fourth-order valence-corrected chi connectivity index (χ4v) is 2.03. The molecule has 0 saturated heterocycles. The maximum atomic E-state index is 10.8. The van der Waals surface area contributed by atoms with Crippen molar-refractivity contribution in [3.05, 3.63) is 27.6 Å². The molecule has 94 valence electrons. The van der Waals surface area contributed by atoms with Gasteiger partial charge in [-0.3, -0.25) is 10.1 Å². The molecule has 18 heavy (non-hydrogen) atoms. The molecule has 1 heterocycles. The number of aromatic nitrogens is 1. The summed E-state index contributed by atoms with van der Waals surface area (Å²) < 4.78 is 4.89. The number of hydrogen-bond acceptors (Lipinski definition) is 7. The largest absolute Gasteiger partial charge is 0.500 e. The van der Waals surface area contributed by atoms with E-state index in [1.165, 1.54) is 30.6 Å². The van der Waals surface area contributed by atoms with E-state index in [4.69, 9.17) is 10.5 Å². The van der Waals surface area contributed by atoms with Crippen molar-refractivity contribution < 1.29 is 14.8 Å². The first-order valence-corrected chi connectivity index (χ1v) is 5.67. The summed E-state index contributed by atoms with van der Waals surface area (Å²) in [7, 11) is 1.32. The molecule has 1 aromatic carbocycles. The zero-order valence-electron chi connectivity index (χ0n) is 9.28. The number of ether oxygens (including phenoxy) is 1. The SMILES string of the molecule is COc1cc(-c2csc(N)n2)cc([N+](=O)[O-])c1O. The average Bonchev–Trinajstić information content (AvgIpc) is 2.76. The normalized spacial score (nSPS) is 10.3. The molecule has 0 atom stereocenters. The van der Waals surface area contributed by atoms with Crippen molar-refractivity contribution in [3.8, 4) is 22.8 Å². The Hall–Kier alpha value is -2.35. The third-order valence-corrected chi connectivity index (χ3v) is 2.96. The lowest BCUT2D eigenvalue weighted by Crippen LogP contribution is -1.93. The molecule has 0 saturated carbocycles. The van der Waals surface area contributed by atoms with E-state index < -0.39 is 16.4 Å². The molecular formula is C10H9N3O4S. The predicted molar refractivity (Wildman–Crippen MR) is 66.8 cm³/mol. The molecule has 0 spiro atoms. The van der Waals surface area contributed by atoms with E-state index in [0.29, 0.717) is 16.4 Å². The molecule has 8 heteroatoms. The van der Waals surface area contributed by atoms with E-state index in [-0.39, 0.29) is 5.75 Å². The highest BCUT2D eigenvalue weighted by Gasteiger charge is 2.21. The lowest BCUT2D eigenvalue weighted by molar-refractivity contribution is -0.385. The van der Waals surface area contributed by atoms with Gasteiger partial charge in [-0.15, -0.1) is 11.3 Å². The zero-order valence-corrected chi connectivity index (χ0v) is 10.1. The van der Waals surface area contributed by atoms with Gasteiger partial charge in [-0.2, -0.15) is 0 Å². The summed E-state index contributed by atoms with van der Waals surface area (Å²) in [4.78, 5) is 14.2. The summed E-state index contributed by atoms with van der Waals surface area (Å²) in [5.74, 6) is -0.486. The molecule has 0 bridgehead atoms. The zero-order chi connectivity index (χ0) is 13.3. The van der Waals surface area contributed by atoms with E-state index in [1.807, 2.05) is 0 Å². The van der Waals surface area contributed by atoms with Crippen LogP contribution in [0.3, 0.4) is 0 Å². The molecule has 0 radical (unpaired) electrons. The molecule has 0 aliphatic rings. The molecule has 0 amide bonds. The average molecular weight is 267 g/mol.